The van der Waals surface area contributed by atoms with Crippen LogP contribution in [0.3, 0.4) is 0 Å². The van der Waals surface area contributed by atoms with E-state index in [9.17, 15) is 4.79 Å². The zero-order valence-electron chi connectivity index (χ0n) is 16.3. The molecule has 7 nitrogen and oxygen atoms in total. The second kappa shape index (κ2) is 9.23. The molecule has 0 aliphatic rings. The number of hydrogen-bond donors (Lipinski definition) is 1. The smallest absolute Gasteiger partial charge is 0.287 e. The molecule has 4 aromatic rings. The van der Waals surface area contributed by atoms with Crippen molar-refractivity contribution >= 4 is 23.2 Å². The van der Waals surface area contributed by atoms with Gasteiger partial charge in [0.2, 0.25) is 5.95 Å². The topological polar surface area (TPSA) is 78.3 Å². The van der Waals surface area contributed by atoms with Crippen LogP contribution in [0.2, 0.25) is 0 Å². The highest BCUT2D eigenvalue weighted by molar-refractivity contribution is 7.09. The number of benzene rings is 2. The zero-order valence-corrected chi connectivity index (χ0v) is 17.1. The first kappa shape index (κ1) is 19.7. The van der Waals surface area contributed by atoms with E-state index in [0.717, 1.165) is 16.2 Å². The number of carbonyl (C=O) groups excluding carboxylic acids is 1. The molecular weight excluding hydrogens is 400 g/mol. The van der Waals surface area contributed by atoms with Crippen LogP contribution in [0.1, 0.15) is 9.67 Å². The van der Waals surface area contributed by atoms with Crippen LogP contribution in [0.15, 0.2) is 72.1 Å². The van der Waals surface area contributed by atoms with Gasteiger partial charge in [0.25, 0.3) is 5.91 Å². The van der Waals surface area contributed by atoms with Crippen molar-refractivity contribution in [3.63, 3.8) is 0 Å². The molecule has 0 fully saturated rings. The maximum atomic E-state index is 12.8. The Balaban J connectivity index is 1.56. The average molecular weight is 420 g/mol. The summed E-state index contributed by atoms with van der Waals surface area (Å²) in [6.07, 6.45) is 0. The fraction of sp³-hybridized carbons (Fsp3) is 0.136. The van der Waals surface area contributed by atoms with Crippen molar-refractivity contribution in [3.05, 3.63) is 77.0 Å². The van der Waals surface area contributed by atoms with E-state index >= 15 is 0 Å². The van der Waals surface area contributed by atoms with E-state index in [1.807, 2.05) is 60.0 Å². The fourth-order valence-corrected chi connectivity index (χ4v) is 3.41. The van der Waals surface area contributed by atoms with E-state index in [4.69, 9.17) is 9.47 Å². The number of carbonyl (C=O) groups is 1. The number of nitrogens with zero attached hydrogens (tertiary/aromatic N) is 3. The van der Waals surface area contributed by atoms with E-state index < -0.39 is 0 Å². The third kappa shape index (κ3) is 4.66. The van der Waals surface area contributed by atoms with Crippen molar-refractivity contribution in [2.24, 2.45) is 0 Å². The van der Waals surface area contributed by atoms with Gasteiger partial charge in [-0.3, -0.25) is 4.79 Å². The van der Waals surface area contributed by atoms with Crippen LogP contribution >= 0.6 is 11.3 Å². The summed E-state index contributed by atoms with van der Waals surface area (Å²) >= 11 is 1.63. The van der Waals surface area contributed by atoms with Crippen molar-refractivity contribution in [1.82, 2.24) is 14.8 Å². The average Bonchev–Trinajstić information content (AvgIpc) is 3.47. The molecule has 0 spiro atoms. The Bertz CT molecular complexity index is 1090. The molecule has 0 bridgehead atoms. The normalized spacial score (nSPS) is 10.6. The molecule has 8 heteroatoms. The third-order valence-corrected chi connectivity index (χ3v) is 5.17. The Kier molecular flexibility index (Phi) is 6.05. The van der Waals surface area contributed by atoms with Gasteiger partial charge < -0.3 is 14.8 Å². The van der Waals surface area contributed by atoms with Crippen molar-refractivity contribution in [1.29, 1.82) is 0 Å². The second-order valence-corrected chi connectivity index (χ2v) is 7.36. The molecule has 0 unspecified atom stereocenters. The molecule has 152 valence electrons. The van der Waals surface area contributed by atoms with Gasteiger partial charge in [-0.25, -0.2) is 0 Å². The van der Waals surface area contributed by atoms with Gasteiger partial charge in [-0.05, 0) is 47.8 Å². The fourth-order valence-electron chi connectivity index (χ4n) is 2.77. The van der Waals surface area contributed by atoms with Gasteiger partial charge in [0, 0.05) is 10.4 Å². The number of rotatable bonds is 8. The molecule has 0 saturated carbocycles. The van der Waals surface area contributed by atoms with Crippen LogP contribution < -0.4 is 14.8 Å². The Hall–Kier alpha value is -3.65. The number of nitrogens with one attached hydrogen (secondary N) is 1. The lowest BCUT2D eigenvalue weighted by molar-refractivity contribution is 0.0824. The molecule has 2 aromatic heterocycles. The summed E-state index contributed by atoms with van der Waals surface area (Å²) in [7, 11) is 1.61. The summed E-state index contributed by atoms with van der Waals surface area (Å²) in [6.45, 7) is 0.397. The maximum absolute atomic E-state index is 12.8. The van der Waals surface area contributed by atoms with Gasteiger partial charge in [0.1, 0.15) is 11.5 Å². The molecule has 0 radical (unpaired) electrons. The molecule has 2 heterocycles. The Labute approximate surface area is 177 Å². The Morgan fingerprint density at radius 3 is 2.53 bits per heavy atom. The number of aromatic nitrogens is 3. The molecule has 1 N–H and O–H groups in total. The molecular formula is C22H20N4O3S. The van der Waals surface area contributed by atoms with E-state index in [1.165, 1.54) is 4.68 Å². The Morgan fingerprint density at radius 2 is 1.83 bits per heavy atom. The highest BCUT2D eigenvalue weighted by atomic mass is 32.1. The van der Waals surface area contributed by atoms with Crippen LogP contribution in [0, 0.1) is 0 Å². The highest BCUT2D eigenvalue weighted by Crippen LogP contribution is 2.22. The standard InChI is InChI=1S/C22H20N4O3S/c1-28-17-11-9-16(10-12-17)21-24-22(23-14-19-8-5-13-30-19)26(25-21)20(27)15-29-18-6-3-2-4-7-18/h2-13H,14-15H2,1H3,(H,23,24,25). The minimum Gasteiger partial charge on any atom is -0.497 e. The lowest BCUT2D eigenvalue weighted by atomic mass is 10.2. The highest BCUT2D eigenvalue weighted by Gasteiger charge is 2.18. The molecule has 2 aromatic carbocycles. The van der Waals surface area contributed by atoms with Gasteiger partial charge in [-0.1, -0.05) is 24.3 Å². The van der Waals surface area contributed by atoms with Crippen molar-refractivity contribution in [2.45, 2.75) is 6.54 Å². The molecule has 0 atom stereocenters. The van der Waals surface area contributed by atoms with Gasteiger partial charge in [0.15, 0.2) is 12.4 Å². The first-order chi connectivity index (χ1) is 14.7. The van der Waals surface area contributed by atoms with Crippen LogP contribution in [0.25, 0.3) is 11.4 Å². The predicted molar refractivity (Wildman–Crippen MR) is 116 cm³/mol. The molecule has 30 heavy (non-hydrogen) atoms. The van der Waals surface area contributed by atoms with Gasteiger partial charge in [0.05, 0.1) is 13.7 Å². The van der Waals surface area contributed by atoms with Crippen LogP contribution in [0.4, 0.5) is 5.95 Å². The second-order valence-electron chi connectivity index (χ2n) is 6.33. The van der Waals surface area contributed by atoms with E-state index in [0.29, 0.717) is 24.1 Å². The lowest BCUT2D eigenvalue weighted by Crippen LogP contribution is -2.22. The number of ether oxygens (including phenoxy) is 2. The molecule has 0 amide bonds. The largest absolute Gasteiger partial charge is 0.497 e. The van der Waals surface area contributed by atoms with Gasteiger partial charge in [-0.2, -0.15) is 9.67 Å². The summed E-state index contributed by atoms with van der Waals surface area (Å²) in [5, 5.41) is 9.63. The maximum Gasteiger partial charge on any atom is 0.287 e. The van der Waals surface area contributed by atoms with Crippen molar-refractivity contribution in [2.75, 3.05) is 19.0 Å². The van der Waals surface area contributed by atoms with E-state index in [1.54, 1.807) is 30.6 Å². The van der Waals surface area contributed by atoms with Crippen LogP contribution in [0.5, 0.6) is 11.5 Å². The lowest BCUT2D eigenvalue weighted by Gasteiger charge is -2.08. The minimum atomic E-state index is -0.320. The molecule has 0 saturated heterocycles. The summed E-state index contributed by atoms with van der Waals surface area (Å²) < 4.78 is 12.1. The van der Waals surface area contributed by atoms with E-state index in [2.05, 4.69) is 15.4 Å². The van der Waals surface area contributed by atoms with Crippen LogP contribution in [-0.2, 0) is 6.54 Å². The first-order valence-corrected chi connectivity index (χ1v) is 10.2. The number of anilines is 1. The SMILES string of the molecule is COc1ccc(-c2nc(NCc3cccs3)n(C(=O)COc3ccccc3)n2)cc1. The number of thiophene rings is 1. The summed E-state index contributed by atoms with van der Waals surface area (Å²) in [5.41, 5.74) is 0.783. The van der Waals surface area contributed by atoms with Crippen molar-refractivity contribution in [3.8, 4) is 22.9 Å². The quantitative estimate of drug-likeness (QED) is 0.457. The van der Waals surface area contributed by atoms with Gasteiger partial charge >= 0.3 is 0 Å². The molecule has 4 rings (SSSR count). The predicted octanol–water partition coefficient (Wildman–Crippen LogP) is 4.35. The van der Waals surface area contributed by atoms with Gasteiger partial charge in [-0.15, -0.1) is 16.4 Å². The first-order valence-electron chi connectivity index (χ1n) is 9.32. The molecule has 0 aliphatic carbocycles. The number of hydrogen-bond acceptors (Lipinski definition) is 7. The summed E-state index contributed by atoms with van der Waals surface area (Å²) in [6, 6.07) is 20.6. The van der Waals surface area contributed by atoms with Crippen molar-refractivity contribution < 1.29 is 14.3 Å². The monoisotopic (exact) mass is 420 g/mol. The Morgan fingerprint density at radius 1 is 1.03 bits per heavy atom. The summed E-state index contributed by atoms with van der Waals surface area (Å²) in [5.74, 6) is 1.85. The third-order valence-electron chi connectivity index (χ3n) is 4.30. The number of para-hydroxylation sites is 1. The number of methoxy groups -OCH3 is 1. The minimum absolute atomic E-state index is 0.150. The molecule has 0 aliphatic heterocycles. The van der Waals surface area contributed by atoms with E-state index in [-0.39, 0.29) is 12.5 Å². The van der Waals surface area contributed by atoms with Crippen LogP contribution in [-0.4, -0.2) is 34.4 Å². The summed E-state index contributed by atoms with van der Waals surface area (Å²) in [4.78, 5) is 18.5. The zero-order chi connectivity index (χ0) is 20.8.